The molecule has 0 fully saturated rings. The molecular formula is C16H18BrNO5S. The Bertz CT molecular complexity index is 887. The van der Waals surface area contributed by atoms with Crippen molar-refractivity contribution in [2.45, 2.75) is 32.1 Å². The fraction of sp³-hybridized carbons (Fsp3) is 0.312. The lowest BCUT2D eigenvalue weighted by Crippen LogP contribution is -2.27. The number of anilines is 1. The average molecular weight is 416 g/mol. The number of rotatable bonds is 3. The highest BCUT2D eigenvalue weighted by atomic mass is 79.9. The predicted molar refractivity (Wildman–Crippen MR) is 96.8 cm³/mol. The molecule has 2 rings (SSSR count). The van der Waals surface area contributed by atoms with E-state index in [2.05, 4.69) is 21.2 Å². The minimum absolute atomic E-state index is 0.412. The summed E-state index contributed by atoms with van der Waals surface area (Å²) >= 11 is 3.42. The molecule has 0 saturated heterocycles. The molecule has 6 nitrogen and oxygen atoms in total. The van der Waals surface area contributed by atoms with Gasteiger partial charge in [-0.1, -0.05) is 28.1 Å². The van der Waals surface area contributed by atoms with Gasteiger partial charge in [-0.2, -0.15) is 8.42 Å². The van der Waals surface area contributed by atoms with Crippen molar-refractivity contribution in [3.05, 3.63) is 40.4 Å². The van der Waals surface area contributed by atoms with Crippen LogP contribution in [0.2, 0.25) is 0 Å². The molecule has 0 heterocycles. The molecule has 2 N–H and O–H groups in total. The summed E-state index contributed by atoms with van der Waals surface area (Å²) in [5, 5.41) is 4.09. The molecule has 0 bridgehead atoms. The van der Waals surface area contributed by atoms with Gasteiger partial charge in [0.25, 0.3) is 10.1 Å². The van der Waals surface area contributed by atoms with Crippen LogP contribution in [-0.4, -0.2) is 24.7 Å². The van der Waals surface area contributed by atoms with E-state index in [-0.39, 0.29) is 0 Å². The van der Waals surface area contributed by atoms with Crippen molar-refractivity contribution >= 4 is 48.6 Å². The molecule has 0 aromatic heterocycles. The van der Waals surface area contributed by atoms with Crippen LogP contribution in [0.25, 0.3) is 10.8 Å². The number of benzene rings is 2. The van der Waals surface area contributed by atoms with Crippen LogP contribution < -0.4 is 5.32 Å². The van der Waals surface area contributed by atoms with Gasteiger partial charge in [-0.05, 0) is 49.9 Å². The van der Waals surface area contributed by atoms with Gasteiger partial charge in [0.15, 0.2) is 0 Å². The Morgan fingerprint density at radius 2 is 1.88 bits per heavy atom. The molecule has 0 aliphatic rings. The summed E-state index contributed by atoms with van der Waals surface area (Å²) in [6.45, 7) is 5.28. The Kier molecular flexibility index (Phi) is 5.22. The first-order chi connectivity index (χ1) is 10.9. The van der Waals surface area contributed by atoms with E-state index in [1.165, 1.54) is 0 Å². The topological polar surface area (TPSA) is 92.7 Å². The van der Waals surface area contributed by atoms with E-state index >= 15 is 0 Å². The Morgan fingerprint density at radius 3 is 2.46 bits per heavy atom. The van der Waals surface area contributed by atoms with Crippen LogP contribution >= 0.6 is 15.9 Å². The second kappa shape index (κ2) is 6.70. The van der Waals surface area contributed by atoms with Gasteiger partial charge in [-0.3, -0.25) is 9.87 Å². The van der Waals surface area contributed by atoms with Gasteiger partial charge < -0.3 is 4.74 Å². The van der Waals surface area contributed by atoms with Gasteiger partial charge in [-0.15, -0.1) is 0 Å². The lowest BCUT2D eigenvalue weighted by molar-refractivity contribution is 0.0636. The summed E-state index contributed by atoms with van der Waals surface area (Å²) in [4.78, 5) is 12.0. The van der Waals surface area contributed by atoms with Crippen LogP contribution in [0.5, 0.6) is 0 Å². The standard InChI is InChI=1S/C16H18BrNO5S/c1-16(2,3)23-15(19)18-14-7-6-13(17)11-5-4-10(8-12(11)14)9-24(20,21)22/h4-8H,9H2,1-3H3,(H,18,19)(H,20,21,22). The second-order valence-electron chi connectivity index (χ2n) is 6.33. The molecule has 2 aromatic carbocycles. The van der Waals surface area contributed by atoms with Crippen molar-refractivity contribution in [3.8, 4) is 0 Å². The summed E-state index contributed by atoms with van der Waals surface area (Å²) in [6.07, 6.45) is -0.605. The molecule has 0 atom stereocenters. The maximum absolute atomic E-state index is 12.0. The molecule has 0 radical (unpaired) electrons. The molecule has 1 amide bonds. The molecule has 0 unspecified atom stereocenters. The lowest BCUT2D eigenvalue weighted by Gasteiger charge is -2.20. The lowest BCUT2D eigenvalue weighted by atomic mass is 10.1. The minimum Gasteiger partial charge on any atom is -0.444 e. The number of hydrogen-bond acceptors (Lipinski definition) is 4. The highest BCUT2D eigenvalue weighted by Crippen LogP contribution is 2.31. The Labute approximate surface area is 149 Å². The first-order valence-corrected chi connectivity index (χ1v) is 9.51. The third-order valence-electron chi connectivity index (χ3n) is 3.01. The molecular weight excluding hydrogens is 398 g/mol. The number of carbonyl (C=O) groups is 1. The van der Waals surface area contributed by atoms with Crippen molar-refractivity contribution in [3.63, 3.8) is 0 Å². The fourth-order valence-corrected chi connectivity index (χ4v) is 3.26. The molecule has 0 spiro atoms. The highest BCUT2D eigenvalue weighted by molar-refractivity contribution is 9.10. The molecule has 130 valence electrons. The molecule has 2 aromatic rings. The first kappa shape index (κ1) is 18.7. The van der Waals surface area contributed by atoms with Crippen molar-refractivity contribution in [2.75, 3.05) is 5.32 Å². The first-order valence-electron chi connectivity index (χ1n) is 7.11. The van der Waals surface area contributed by atoms with Gasteiger partial charge in [0.2, 0.25) is 0 Å². The summed E-state index contributed by atoms with van der Waals surface area (Å²) in [6, 6.07) is 8.41. The number of nitrogens with one attached hydrogen (secondary N) is 1. The second-order valence-corrected chi connectivity index (χ2v) is 8.63. The zero-order valence-corrected chi connectivity index (χ0v) is 15.9. The zero-order chi connectivity index (χ0) is 18.1. The largest absolute Gasteiger partial charge is 0.444 e. The normalized spacial score (nSPS) is 12.2. The van der Waals surface area contributed by atoms with Crippen LogP contribution in [0, 0.1) is 0 Å². The molecule has 8 heteroatoms. The van der Waals surface area contributed by atoms with Crippen molar-refractivity contribution in [1.29, 1.82) is 0 Å². The zero-order valence-electron chi connectivity index (χ0n) is 13.5. The number of hydrogen-bond donors (Lipinski definition) is 2. The van der Waals surface area contributed by atoms with Crippen LogP contribution in [-0.2, 0) is 20.6 Å². The van der Waals surface area contributed by atoms with Crippen LogP contribution in [0.3, 0.4) is 0 Å². The predicted octanol–water partition coefficient (Wildman–Crippen LogP) is 4.34. The van der Waals surface area contributed by atoms with Crippen LogP contribution in [0.4, 0.5) is 10.5 Å². The molecule has 24 heavy (non-hydrogen) atoms. The van der Waals surface area contributed by atoms with Crippen LogP contribution in [0.15, 0.2) is 34.8 Å². The van der Waals surface area contributed by atoms with Gasteiger partial charge in [0, 0.05) is 9.86 Å². The maximum atomic E-state index is 12.0. The number of ether oxygens (including phenoxy) is 1. The van der Waals surface area contributed by atoms with E-state index < -0.39 is 27.6 Å². The number of amides is 1. The summed E-state index contributed by atoms with van der Waals surface area (Å²) in [5.41, 5.74) is 0.265. The van der Waals surface area contributed by atoms with E-state index in [0.717, 1.165) is 9.86 Å². The SMILES string of the molecule is CC(C)(C)OC(=O)Nc1ccc(Br)c2ccc(CS(=O)(=O)O)cc12. The van der Waals surface area contributed by atoms with Crippen LogP contribution in [0.1, 0.15) is 26.3 Å². The Balaban J connectivity index is 2.44. The Morgan fingerprint density at radius 1 is 1.21 bits per heavy atom. The molecule has 0 aliphatic heterocycles. The third-order valence-corrected chi connectivity index (χ3v) is 4.40. The van der Waals surface area contributed by atoms with E-state index in [1.54, 1.807) is 51.1 Å². The number of halogens is 1. The number of carbonyl (C=O) groups excluding carboxylic acids is 1. The summed E-state index contributed by atoms with van der Waals surface area (Å²) in [7, 11) is -4.14. The fourth-order valence-electron chi connectivity index (χ4n) is 2.18. The molecule has 0 aliphatic carbocycles. The average Bonchev–Trinajstić information content (AvgIpc) is 2.38. The van der Waals surface area contributed by atoms with Crippen molar-refractivity contribution in [2.24, 2.45) is 0 Å². The van der Waals surface area contributed by atoms with E-state index in [4.69, 9.17) is 9.29 Å². The van der Waals surface area contributed by atoms with Gasteiger partial charge in [-0.25, -0.2) is 4.79 Å². The number of fused-ring (bicyclic) bond motifs is 1. The summed E-state index contributed by atoms with van der Waals surface area (Å²) < 4.78 is 37.2. The smallest absolute Gasteiger partial charge is 0.412 e. The van der Waals surface area contributed by atoms with Gasteiger partial charge in [0.05, 0.1) is 5.69 Å². The Hall–Kier alpha value is -1.64. The monoisotopic (exact) mass is 415 g/mol. The van der Waals surface area contributed by atoms with E-state index in [1.807, 2.05) is 0 Å². The van der Waals surface area contributed by atoms with E-state index in [9.17, 15) is 13.2 Å². The van der Waals surface area contributed by atoms with Crippen molar-refractivity contribution < 1.29 is 22.5 Å². The van der Waals surface area contributed by atoms with Gasteiger partial charge >= 0.3 is 6.09 Å². The van der Waals surface area contributed by atoms with Gasteiger partial charge in [0.1, 0.15) is 11.4 Å². The quantitative estimate of drug-likeness (QED) is 0.727. The van der Waals surface area contributed by atoms with Crippen molar-refractivity contribution in [1.82, 2.24) is 0 Å². The minimum atomic E-state index is -4.14. The summed E-state index contributed by atoms with van der Waals surface area (Å²) in [5.74, 6) is -0.499. The van der Waals surface area contributed by atoms with E-state index in [0.29, 0.717) is 16.6 Å². The highest BCUT2D eigenvalue weighted by Gasteiger charge is 2.17. The molecule has 0 saturated carbocycles. The maximum Gasteiger partial charge on any atom is 0.412 e. The third kappa shape index (κ3) is 5.19.